The first-order chi connectivity index (χ1) is 18.5. The van der Waals surface area contributed by atoms with Crippen molar-refractivity contribution < 1.29 is 9.47 Å². The largest absolute Gasteiger partial charge is 0.497 e. The van der Waals surface area contributed by atoms with Crippen molar-refractivity contribution in [2.45, 2.75) is 13.1 Å². The molecular formula is C29H27ClN6O2. The average Bonchev–Trinajstić information content (AvgIpc) is 2.96. The lowest BCUT2D eigenvalue weighted by Crippen LogP contribution is -2.17. The SMILES string of the molecule is COc1ccc(CNc2cc(-c3cnc4cc(N(C)Cc5ccc(OC)cc5)ncc4c3)c(Cl)nn2)cc1. The van der Waals surface area contributed by atoms with Crippen LogP contribution in [0.3, 0.4) is 0 Å². The number of nitrogens with one attached hydrogen (secondary N) is 1. The van der Waals surface area contributed by atoms with Crippen molar-refractivity contribution in [3.63, 3.8) is 0 Å². The maximum Gasteiger partial charge on any atom is 0.159 e. The van der Waals surface area contributed by atoms with Crippen molar-refractivity contribution in [1.82, 2.24) is 20.2 Å². The van der Waals surface area contributed by atoms with Crippen molar-refractivity contribution in [1.29, 1.82) is 0 Å². The molecule has 0 radical (unpaired) electrons. The van der Waals surface area contributed by atoms with Gasteiger partial charge in [0.15, 0.2) is 5.15 Å². The summed E-state index contributed by atoms with van der Waals surface area (Å²) >= 11 is 6.42. The summed E-state index contributed by atoms with van der Waals surface area (Å²) in [6.45, 7) is 1.30. The topological polar surface area (TPSA) is 85.3 Å². The first-order valence-corrected chi connectivity index (χ1v) is 12.4. The van der Waals surface area contributed by atoms with Gasteiger partial charge in [-0.15, -0.1) is 10.2 Å². The van der Waals surface area contributed by atoms with Crippen LogP contribution in [-0.4, -0.2) is 41.4 Å². The second-order valence-corrected chi connectivity index (χ2v) is 9.16. The van der Waals surface area contributed by atoms with E-state index in [4.69, 9.17) is 21.1 Å². The third-order valence-electron chi connectivity index (χ3n) is 6.21. The van der Waals surface area contributed by atoms with Gasteiger partial charge in [-0.25, -0.2) is 4.98 Å². The summed E-state index contributed by atoms with van der Waals surface area (Å²) in [5.74, 6) is 3.11. The lowest BCUT2D eigenvalue weighted by molar-refractivity contribution is 0.414. The zero-order valence-electron chi connectivity index (χ0n) is 21.4. The summed E-state index contributed by atoms with van der Waals surface area (Å²) in [5.41, 5.74) is 4.68. The Bertz CT molecular complexity index is 1540. The van der Waals surface area contributed by atoms with Crippen LogP contribution in [0.4, 0.5) is 11.6 Å². The molecule has 0 atom stereocenters. The minimum absolute atomic E-state index is 0.310. The van der Waals surface area contributed by atoms with Crippen LogP contribution in [0.1, 0.15) is 11.1 Å². The number of hydrogen-bond donors (Lipinski definition) is 1. The second kappa shape index (κ2) is 11.3. The highest BCUT2D eigenvalue weighted by Gasteiger charge is 2.11. The van der Waals surface area contributed by atoms with Crippen LogP contribution in [0.25, 0.3) is 22.0 Å². The van der Waals surface area contributed by atoms with Gasteiger partial charge in [0.05, 0.1) is 19.7 Å². The number of hydrogen-bond acceptors (Lipinski definition) is 8. The molecule has 0 saturated carbocycles. The van der Waals surface area contributed by atoms with Crippen molar-refractivity contribution in [2.24, 2.45) is 0 Å². The maximum absolute atomic E-state index is 6.42. The summed E-state index contributed by atoms with van der Waals surface area (Å²) in [5, 5.41) is 12.8. The van der Waals surface area contributed by atoms with E-state index < -0.39 is 0 Å². The molecule has 0 aliphatic rings. The molecule has 0 fully saturated rings. The molecule has 1 N–H and O–H groups in total. The van der Waals surface area contributed by atoms with E-state index in [1.165, 1.54) is 0 Å². The fraction of sp³-hybridized carbons (Fsp3) is 0.172. The van der Waals surface area contributed by atoms with Crippen LogP contribution >= 0.6 is 11.6 Å². The Morgan fingerprint density at radius 3 is 2.18 bits per heavy atom. The molecule has 5 rings (SSSR count). The normalized spacial score (nSPS) is 10.8. The molecule has 38 heavy (non-hydrogen) atoms. The number of nitrogens with zero attached hydrogens (tertiary/aromatic N) is 5. The van der Waals surface area contributed by atoms with E-state index >= 15 is 0 Å². The molecule has 0 spiro atoms. The van der Waals surface area contributed by atoms with Gasteiger partial charge in [0.1, 0.15) is 23.1 Å². The molecule has 0 aliphatic heterocycles. The number of halogens is 1. The Labute approximate surface area is 226 Å². The zero-order chi connectivity index (χ0) is 26.5. The molecule has 192 valence electrons. The maximum atomic E-state index is 6.42. The standard InChI is InChI=1S/C29H27ClN6O2/c1-36(18-20-6-10-24(38-3)11-7-20)28-14-26-22(17-33-28)12-21(16-31-26)25-13-27(34-35-29(25)30)32-15-19-4-8-23(37-2)9-5-19/h4-14,16-17H,15,18H2,1-3H3,(H,32,34). The van der Waals surface area contributed by atoms with E-state index in [0.717, 1.165) is 50.5 Å². The van der Waals surface area contributed by atoms with Crippen molar-refractivity contribution >= 4 is 34.1 Å². The minimum Gasteiger partial charge on any atom is -0.497 e. The number of anilines is 2. The number of fused-ring (bicyclic) bond motifs is 1. The average molecular weight is 527 g/mol. The van der Waals surface area contributed by atoms with Crippen molar-refractivity contribution in [3.05, 3.63) is 95.4 Å². The molecular weight excluding hydrogens is 500 g/mol. The summed E-state index contributed by atoms with van der Waals surface area (Å²) in [4.78, 5) is 11.4. The van der Waals surface area contributed by atoms with Crippen LogP contribution in [-0.2, 0) is 13.1 Å². The second-order valence-electron chi connectivity index (χ2n) is 8.80. The number of methoxy groups -OCH3 is 2. The fourth-order valence-corrected chi connectivity index (χ4v) is 4.26. The highest BCUT2D eigenvalue weighted by molar-refractivity contribution is 6.32. The van der Waals surface area contributed by atoms with E-state index in [9.17, 15) is 0 Å². The first-order valence-electron chi connectivity index (χ1n) is 12.0. The van der Waals surface area contributed by atoms with E-state index in [2.05, 4.69) is 30.4 Å². The van der Waals surface area contributed by atoms with Gasteiger partial charge >= 0.3 is 0 Å². The molecule has 5 aromatic rings. The molecule has 0 aliphatic carbocycles. The molecule has 2 aromatic carbocycles. The van der Waals surface area contributed by atoms with E-state index in [1.54, 1.807) is 20.4 Å². The zero-order valence-corrected chi connectivity index (χ0v) is 22.1. The molecule has 3 aromatic heterocycles. The Hall–Kier alpha value is -4.43. The highest BCUT2D eigenvalue weighted by Crippen LogP contribution is 2.30. The van der Waals surface area contributed by atoms with Gasteiger partial charge in [0.2, 0.25) is 0 Å². The summed E-state index contributed by atoms with van der Waals surface area (Å²) < 4.78 is 10.5. The van der Waals surface area contributed by atoms with Gasteiger partial charge in [0.25, 0.3) is 0 Å². The van der Waals surface area contributed by atoms with Crippen molar-refractivity contribution in [3.8, 4) is 22.6 Å². The molecule has 8 nitrogen and oxygen atoms in total. The molecule has 0 amide bonds. The smallest absolute Gasteiger partial charge is 0.159 e. The Balaban J connectivity index is 1.32. The van der Waals surface area contributed by atoms with Gasteiger partial charge in [0, 0.05) is 55.1 Å². The number of aromatic nitrogens is 4. The number of ether oxygens (including phenoxy) is 2. The van der Waals surface area contributed by atoms with Crippen LogP contribution in [0.15, 0.2) is 79.1 Å². The predicted molar refractivity (Wildman–Crippen MR) is 151 cm³/mol. The van der Waals surface area contributed by atoms with Gasteiger partial charge in [-0.2, -0.15) is 0 Å². The van der Waals surface area contributed by atoms with E-state index in [1.807, 2.05) is 80.0 Å². The monoisotopic (exact) mass is 526 g/mol. The Morgan fingerprint density at radius 2 is 1.50 bits per heavy atom. The third kappa shape index (κ3) is 5.76. The van der Waals surface area contributed by atoms with Crippen LogP contribution < -0.4 is 19.7 Å². The summed E-state index contributed by atoms with van der Waals surface area (Å²) in [7, 11) is 5.32. The predicted octanol–water partition coefficient (Wildman–Crippen LogP) is 6.01. The van der Waals surface area contributed by atoms with Gasteiger partial charge in [-0.05, 0) is 47.5 Å². The van der Waals surface area contributed by atoms with Crippen LogP contribution in [0, 0.1) is 0 Å². The van der Waals surface area contributed by atoms with E-state index in [0.29, 0.717) is 24.1 Å². The van der Waals surface area contributed by atoms with Crippen molar-refractivity contribution in [2.75, 3.05) is 31.5 Å². The lowest BCUT2D eigenvalue weighted by Gasteiger charge is -2.19. The fourth-order valence-electron chi connectivity index (χ4n) is 4.06. The van der Waals surface area contributed by atoms with Crippen LogP contribution in [0.5, 0.6) is 11.5 Å². The Kier molecular flexibility index (Phi) is 7.51. The van der Waals surface area contributed by atoms with Gasteiger partial charge in [-0.1, -0.05) is 35.9 Å². The lowest BCUT2D eigenvalue weighted by atomic mass is 10.1. The van der Waals surface area contributed by atoms with Gasteiger partial charge < -0.3 is 19.7 Å². The summed E-state index contributed by atoms with van der Waals surface area (Å²) in [6.07, 6.45) is 3.63. The summed E-state index contributed by atoms with van der Waals surface area (Å²) in [6, 6.07) is 21.7. The molecule has 0 bridgehead atoms. The number of benzene rings is 2. The first kappa shape index (κ1) is 25.2. The van der Waals surface area contributed by atoms with E-state index in [-0.39, 0.29) is 0 Å². The third-order valence-corrected chi connectivity index (χ3v) is 6.49. The molecule has 0 unspecified atom stereocenters. The quantitative estimate of drug-likeness (QED) is 0.250. The molecule has 3 heterocycles. The minimum atomic E-state index is 0.310. The number of pyridine rings is 2. The van der Waals surface area contributed by atoms with Crippen LogP contribution in [0.2, 0.25) is 5.15 Å². The molecule has 0 saturated heterocycles. The highest BCUT2D eigenvalue weighted by atomic mass is 35.5. The molecule has 9 heteroatoms. The van der Waals surface area contributed by atoms with Gasteiger partial charge in [-0.3, -0.25) is 4.98 Å². The number of rotatable bonds is 9. The Morgan fingerprint density at radius 1 is 0.816 bits per heavy atom.